The molecule has 0 radical (unpaired) electrons. The van der Waals surface area contributed by atoms with Crippen LogP contribution in [0.4, 0.5) is 11.5 Å². The highest BCUT2D eigenvalue weighted by Crippen LogP contribution is 2.16. The maximum Gasteiger partial charge on any atom is 0.255 e. The van der Waals surface area contributed by atoms with Crippen LogP contribution in [-0.2, 0) is 0 Å². The molecule has 104 valence electrons. The molecule has 2 heterocycles. The topological polar surface area (TPSA) is 66.9 Å². The normalized spacial score (nSPS) is 10.1. The third kappa shape index (κ3) is 3.93. The molecule has 0 unspecified atom stereocenters. The van der Waals surface area contributed by atoms with Crippen LogP contribution < -0.4 is 10.6 Å². The predicted molar refractivity (Wildman–Crippen MR) is 80.2 cm³/mol. The van der Waals surface area contributed by atoms with Gasteiger partial charge in [-0.25, -0.2) is 4.98 Å². The molecule has 0 aliphatic rings. The number of hydrogen-bond donors (Lipinski definition) is 2. The molecule has 2 aromatic rings. The highest BCUT2D eigenvalue weighted by Gasteiger charge is 2.09. The number of aromatic nitrogens is 2. The van der Waals surface area contributed by atoms with Crippen LogP contribution in [0, 0.1) is 0 Å². The summed E-state index contributed by atoms with van der Waals surface area (Å²) in [7, 11) is 0. The number of pyridine rings is 2. The van der Waals surface area contributed by atoms with E-state index in [9.17, 15) is 4.79 Å². The Morgan fingerprint density at radius 1 is 1.40 bits per heavy atom. The van der Waals surface area contributed by atoms with Crippen molar-refractivity contribution in [2.75, 3.05) is 17.2 Å². The van der Waals surface area contributed by atoms with Gasteiger partial charge in [0.25, 0.3) is 5.91 Å². The number of anilines is 2. The van der Waals surface area contributed by atoms with Crippen molar-refractivity contribution in [3.63, 3.8) is 0 Å². The fraction of sp³-hybridized carbons (Fsp3) is 0.214. The number of amides is 1. The summed E-state index contributed by atoms with van der Waals surface area (Å²) in [5.41, 5.74) is 1.08. The second kappa shape index (κ2) is 6.86. The summed E-state index contributed by atoms with van der Waals surface area (Å²) < 4.78 is 0. The molecule has 0 aliphatic heterocycles. The first-order valence-electron chi connectivity index (χ1n) is 6.32. The summed E-state index contributed by atoms with van der Waals surface area (Å²) in [4.78, 5) is 20.2. The van der Waals surface area contributed by atoms with E-state index in [1.165, 1.54) is 6.07 Å². The third-order valence-corrected chi connectivity index (χ3v) is 2.73. The molecule has 0 aromatic carbocycles. The lowest BCUT2D eigenvalue weighted by molar-refractivity contribution is 0.102. The van der Waals surface area contributed by atoms with Gasteiger partial charge in [-0.15, -0.1) is 0 Å². The van der Waals surface area contributed by atoms with E-state index in [4.69, 9.17) is 11.6 Å². The van der Waals surface area contributed by atoms with Crippen molar-refractivity contribution < 1.29 is 4.79 Å². The van der Waals surface area contributed by atoms with Crippen molar-refractivity contribution >= 4 is 29.0 Å². The number of hydrogen-bond acceptors (Lipinski definition) is 4. The van der Waals surface area contributed by atoms with Crippen LogP contribution in [0.1, 0.15) is 23.7 Å². The zero-order chi connectivity index (χ0) is 14.4. The van der Waals surface area contributed by atoms with E-state index in [1.54, 1.807) is 30.6 Å². The molecule has 0 bridgehead atoms. The van der Waals surface area contributed by atoms with Crippen LogP contribution >= 0.6 is 11.6 Å². The van der Waals surface area contributed by atoms with Gasteiger partial charge in [0, 0.05) is 18.3 Å². The SMILES string of the molecule is CCCNc1cc(C(=O)Nc2cccnc2)cc(Cl)n1. The number of carbonyl (C=O) groups is 1. The quantitative estimate of drug-likeness (QED) is 0.830. The Hall–Kier alpha value is -2.14. The van der Waals surface area contributed by atoms with Gasteiger partial charge in [0.05, 0.1) is 11.9 Å². The lowest BCUT2D eigenvalue weighted by Gasteiger charge is -2.08. The molecule has 2 rings (SSSR count). The Labute approximate surface area is 122 Å². The summed E-state index contributed by atoms with van der Waals surface area (Å²) >= 11 is 5.93. The standard InChI is InChI=1S/C14H15ClN4O/c1-2-5-17-13-8-10(7-12(15)19-13)14(20)18-11-4-3-6-16-9-11/h3-4,6-9H,2,5H2,1H3,(H,17,19)(H,18,20). The Morgan fingerprint density at radius 2 is 2.25 bits per heavy atom. The molecule has 2 N–H and O–H groups in total. The number of carbonyl (C=O) groups excluding carboxylic acids is 1. The van der Waals surface area contributed by atoms with E-state index in [2.05, 4.69) is 20.6 Å². The van der Waals surface area contributed by atoms with Gasteiger partial charge in [-0.3, -0.25) is 9.78 Å². The Bertz CT molecular complexity index is 589. The summed E-state index contributed by atoms with van der Waals surface area (Å²) in [6.45, 7) is 2.82. The average molecular weight is 291 g/mol. The molecular formula is C14H15ClN4O. The molecular weight excluding hydrogens is 276 g/mol. The zero-order valence-corrected chi connectivity index (χ0v) is 11.8. The van der Waals surface area contributed by atoms with Gasteiger partial charge in [0.1, 0.15) is 11.0 Å². The minimum atomic E-state index is -0.248. The molecule has 6 heteroatoms. The van der Waals surface area contributed by atoms with Crippen molar-refractivity contribution in [2.45, 2.75) is 13.3 Å². The Balaban J connectivity index is 2.15. The van der Waals surface area contributed by atoms with Gasteiger partial charge in [-0.1, -0.05) is 18.5 Å². The van der Waals surface area contributed by atoms with E-state index in [1.807, 2.05) is 6.92 Å². The molecule has 5 nitrogen and oxygen atoms in total. The van der Waals surface area contributed by atoms with Gasteiger partial charge in [0.2, 0.25) is 0 Å². The van der Waals surface area contributed by atoms with Gasteiger partial charge in [0.15, 0.2) is 0 Å². The highest BCUT2D eigenvalue weighted by atomic mass is 35.5. The first-order chi connectivity index (χ1) is 9.69. The monoisotopic (exact) mass is 290 g/mol. The van der Waals surface area contributed by atoms with Crippen LogP contribution in [0.5, 0.6) is 0 Å². The summed E-state index contributed by atoms with van der Waals surface area (Å²) in [6, 6.07) is 6.73. The van der Waals surface area contributed by atoms with E-state index in [0.29, 0.717) is 17.1 Å². The highest BCUT2D eigenvalue weighted by molar-refractivity contribution is 6.30. The number of rotatable bonds is 5. The number of nitrogens with zero attached hydrogens (tertiary/aromatic N) is 2. The predicted octanol–water partition coefficient (Wildman–Crippen LogP) is 3.20. The Kier molecular flexibility index (Phi) is 4.90. The van der Waals surface area contributed by atoms with Crippen LogP contribution in [-0.4, -0.2) is 22.4 Å². The summed E-state index contributed by atoms with van der Waals surface area (Å²) in [6.07, 6.45) is 4.19. The second-order valence-corrected chi connectivity index (χ2v) is 4.57. The number of nitrogens with one attached hydrogen (secondary N) is 2. The summed E-state index contributed by atoms with van der Waals surface area (Å²) in [5.74, 6) is 0.345. The molecule has 0 saturated carbocycles. The lowest BCUT2D eigenvalue weighted by Crippen LogP contribution is -2.13. The molecule has 20 heavy (non-hydrogen) atoms. The fourth-order valence-corrected chi connectivity index (χ4v) is 1.82. The second-order valence-electron chi connectivity index (χ2n) is 4.19. The average Bonchev–Trinajstić information content (AvgIpc) is 2.45. The first-order valence-corrected chi connectivity index (χ1v) is 6.69. The molecule has 0 spiro atoms. The van der Waals surface area contributed by atoms with Crippen LogP contribution in [0.15, 0.2) is 36.7 Å². The van der Waals surface area contributed by atoms with Gasteiger partial charge in [-0.2, -0.15) is 0 Å². The molecule has 1 amide bonds. The van der Waals surface area contributed by atoms with Crippen LogP contribution in [0.3, 0.4) is 0 Å². The van der Waals surface area contributed by atoms with Crippen molar-refractivity contribution in [3.8, 4) is 0 Å². The van der Waals surface area contributed by atoms with Crippen molar-refractivity contribution in [1.29, 1.82) is 0 Å². The van der Waals surface area contributed by atoms with E-state index in [-0.39, 0.29) is 11.1 Å². The van der Waals surface area contributed by atoms with Crippen molar-refractivity contribution in [2.24, 2.45) is 0 Å². The summed E-state index contributed by atoms with van der Waals surface area (Å²) in [5, 5.41) is 6.14. The molecule has 2 aromatic heterocycles. The largest absolute Gasteiger partial charge is 0.370 e. The third-order valence-electron chi connectivity index (χ3n) is 2.53. The smallest absolute Gasteiger partial charge is 0.255 e. The minimum absolute atomic E-state index is 0.248. The zero-order valence-electron chi connectivity index (χ0n) is 11.1. The number of halogens is 1. The maximum absolute atomic E-state index is 12.1. The lowest BCUT2D eigenvalue weighted by atomic mass is 10.2. The van der Waals surface area contributed by atoms with Crippen LogP contribution in [0.25, 0.3) is 0 Å². The van der Waals surface area contributed by atoms with Crippen molar-refractivity contribution in [3.05, 3.63) is 47.4 Å². The molecule has 0 fully saturated rings. The minimum Gasteiger partial charge on any atom is -0.370 e. The molecule has 0 aliphatic carbocycles. The van der Waals surface area contributed by atoms with Crippen LogP contribution in [0.2, 0.25) is 5.15 Å². The molecule has 0 atom stereocenters. The maximum atomic E-state index is 12.1. The van der Waals surface area contributed by atoms with E-state index < -0.39 is 0 Å². The first kappa shape index (κ1) is 14.3. The van der Waals surface area contributed by atoms with Gasteiger partial charge < -0.3 is 10.6 Å². The van der Waals surface area contributed by atoms with Gasteiger partial charge in [-0.05, 0) is 30.7 Å². The van der Waals surface area contributed by atoms with E-state index in [0.717, 1.165) is 13.0 Å². The Morgan fingerprint density at radius 3 is 2.95 bits per heavy atom. The van der Waals surface area contributed by atoms with E-state index >= 15 is 0 Å². The van der Waals surface area contributed by atoms with Gasteiger partial charge >= 0.3 is 0 Å². The van der Waals surface area contributed by atoms with Crippen molar-refractivity contribution in [1.82, 2.24) is 9.97 Å². The fourth-order valence-electron chi connectivity index (χ4n) is 1.61. The molecule has 0 saturated heterocycles.